The average Bonchev–Trinajstić information content (AvgIpc) is 2.92. The van der Waals surface area contributed by atoms with Gasteiger partial charge in [-0.2, -0.15) is 0 Å². The molecule has 0 saturated carbocycles. The molecule has 0 unspecified atom stereocenters. The second-order valence-electron chi connectivity index (χ2n) is 7.04. The van der Waals surface area contributed by atoms with Gasteiger partial charge in [-0.25, -0.2) is 8.42 Å². The summed E-state index contributed by atoms with van der Waals surface area (Å²) in [7, 11) is -3.68. The number of aliphatic imine (C=N–C) groups is 1. The summed E-state index contributed by atoms with van der Waals surface area (Å²) in [5.41, 5.74) is 3.03. The van der Waals surface area contributed by atoms with Crippen LogP contribution in [0.15, 0.2) is 52.4 Å². The molecule has 1 aliphatic heterocycles. The first kappa shape index (κ1) is 20.1. The second kappa shape index (κ2) is 8.56. The maximum atomic E-state index is 12.6. The third-order valence-electron chi connectivity index (χ3n) is 4.69. The van der Waals surface area contributed by atoms with Crippen molar-refractivity contribution in [2.45, 2.75) is 44.4 Å². The van der Waals surface area contributed by atoms with E-state index in [9.17, 15) is 13.2 Å². The van der Waals surface area contributed by atoms with E-state index in [1.807, 2.05) is 32.0 Å². The van der Waals surface area contributed by atoms with Crippen molar-refractivity contribution < 1.29 is 13.2 Å². The number of hydrogen-bond donors (Lipinski definition) is 2. The maximum Gasteiger partial charge on any atom is 0.262 e. The van der Waals surface area contributed by atoms with E-state index in [4.69, 9.17) is 0 Å². The molecule has 2 aromatic rings. The molecule has 0 radical (unpaired) electrons. The molecule has 0 aliphatic carbocycles. The molecule has 0 aromatic heterocycles. The van der Waals surface area contributed by atoms with Crippen molar-refractivity contribution >= 4 is 27.5 Å². The molecule has 2 aromatic carbocycles. The summed E-state index contributed by atoms with van der Waals surface area (Å²) in [6, 6.07) is 11.8. The summed E-state index contributed by atoms with van der Waals surface area (Å²) in [6.07, 6.45) is 3.62. The highest BCUT2D eigenvalue weighted by atomic mass is 32.2. The van der Waals surface area contributed by atoms with Crippen molar-refractivity contribution in [1.82, 2.24) is 4.72 Å². The Hall–Kier alpha value is -2.67. The molecule has 0 atom stereocenters. The minimum absolute atomic E-state index is 0.143. The number of rotatable bonds is 4. The Bertz CT molecular complexity index is 996. The number of carbonyl (C=O) groups excluding carboxylic acids is 1. The average molecular weight is 400 g/mol. The van der Waals surface area contributed by atoms with Gasteiger partial charge in [0.15, 0.2) is 0 Å². The van der Waals surface area contributed by atoms with Crippen LogP contribution in [-0.2, 0) is 10.0 Å². The zero-order valence-corrected chi connectivity index (χ0v) is 17.0. The highest BCUT2D eigenvalue weighted by Gasteiger charge is 2.17. The van der Waals surface area contributed by atoms with E-state index < -0.39 is 10.0 Å². The molecule has 1 aliphatic rings. The molecule has 7 heteroatoms. The lowest BCUT2D eigenvalue weighted by Gasteiger charge is -2.11. The lowest BCUT2D eigenvalue weighted by molar-refractivity contribution is 0.102. The number of amides is 1. The Kier molecular flexibility index (Phi) is 6.14. The van der Waals surface area contributed by atoms with E-state index in [-0.39, 0.29) is 10.8 Å². The van der Waals surface area contributed by atoms with Crippen LogP contribution < -0.4 is 10.0 Å². The van der Waals surface area contributed by atoms with Crippen molar-refractivity contribution in [3.8, 4) is 0 Å². The van der Waals surface area contributed by atoms with Gasteiger partial charge in [-0.3, -0.25) is 14.5 Å². The molecule has 1 heterocycles. The van der Waals surface area contributed by atoms with Crippen molar-refractivity contribution in [3.05, 3.63) is 59.2 Å². The molecular formula is C21H25N3O3S. The van der Waals surface area contributed by atoms with Gasteiger partial charge >= 0.3 is 0 Å². The number of hydrogen-bond acceptors (Lipinski definition) is 4. The second-order valence-corrected chi connectivity index (χ2v) is 8.72. The highest BCUT2D eigenvalue weighted by molar-refractivity contribution is 7.90. The number of anilines is 1. The Balaban J connectivity index is 1.71. The van der Waals surface area contributed by atoms with Crippen molar-refractivity contribution in [2.24, 2.45) is 4.99 Å². The van der Waals surface area contributed by atoms with Crippen LogP contribution in [0.2, 0.25) is 0 Å². The Labute approximate surface area is 166 Å². The molecule has 0 bridgehead atoms. The van der Waals surface area contributed by atoms with Crippen molar-refractivity contribution in [1.29, 1.82) is 0 Å². The van der Waals surface area contributed by atoms with Gasteiger partial charge in [-0.15, -0.1) is 0 Å². The minimum Gasteiger partial charge on any atom is -0.322 e. The minimum atomic E-state index is -3.68. The van der Waals surface area contributed by atoms with Gasteiger partial charge in [0.05, 0.1) is 4.90 Å². The topological polar surface area (TPSA) is 87.6 Å². The molecular weight excluding hydrogens is 374 g/mol. The summed E-state index contributed by atoms with van der Waals surface area (Å²) in [5.74, 6) is 0.299. The molecule has 0 saturated heterocycles. The molecule has 3 rings (SSSR count). The summed E-state index contributed by atoms with van der Waals surface area (Å²) in [5, 5.41) is 2.82. The standard InChI is InChI=1S/C21H25N3O3S/c1-15-7-8-16(2)19(14-15)21(25)23-17-9-11-18(12-10-17)28(26,27)24-20-6-4-3-5-13-22-20/h7-12,14H,3-6,13H2,1-2H3,(H,22,24)(H,23,25). The number of nitrogens with one attached hydrogen (secondary N) is 2. The third-order valence-corrected chi connectivity index (χ3v) is 6.08. The maximum absolute atomic E-state index is 12.6. The number of sulfonamides is 1. The monoisotopic (exact) mass is 399 g/mol. The molecule has 28 heavy (non-hydrogen) atoms. The van der Waals surface area contributed by atoms with E-state index >= 15 is 0 Å². The van der Waals surface area contributed by atoms with Gasteiger partial charge in [0.2, 0.25) is 0 Å². The van der Waals surface area contributed by atoms with E-state index in [2.05, 4.69) is 15.0 Å². The molecule has 148 valence electrons. The summed E-state index contributed by atoms with van der Waals surface area (Å²) < 4.78 is 27.7. The first-order valence-electron chi connectivity index (χ1n) is 9.40. The Morgan fingerprint density at radius 3 is 2.50 bits per heavy atom. The van der Waals surface area contributed by atoms with Gasteiger partial charge in [0.1, 0.15) is 5.84 Å². The Morgan fingerprint density at radius 1 is 1.00 bits per heavy atom. The van der Waals surface area contributed by atoms with Crippen molar-refractivity contribution in [2.75, 3.05) is 11.9 Å². The summed E-state index contributed by atoms with van der Waals surface area (Å²) in [4.78, 5) is 17.0. The highest BCUT2D eigenvalue weighted by Crippen LogP contribution is 2.18. The van der Waals surface area contributed by atoms with E-state index in [0.29, 0.717) is 30.1 Å². The van der Waals surface area contributed by atoms with Crippen LogP contribution >= 0.6 is 0 Å². The van der Waals surface area contributed by atoms with Gasteiger partial charge in [0, 0.05) is 24.2 Å². The van der Waals surface area contributed by atoms with Crippen LogP contribution in [0.25, 0.3) is 0 Å². The van der Waals surface area contributed by atoms with Crippen molar-refractivity contribution in [3.63, 3.8) is 0 Å². The Morgan fingerprint density at radius 2 is 1.75 bits per heavy atom. The molecule has 6 nitrogen and oxygen atoms in total. The number of carbonyl (C=O) groups is 1. The first-order valence-corrected chi connectivity index (χ1v) is 10.9. The summed E-state index contributed by atoms with van der Waals surface area (Å²) >= 11 is 0. The molecule has 1 amide bonds. The predicted octanol–water partition coefficient (Wildman–Crippen LogP) is 3.81. The number of aryl methyl sites for hydroxylation is 2. The zero-order valence-electron chi connectivity index (χ0n) is 16.2. The number of amidine groups is 1. The van der Waals surface area contributed by atoms with Gasteiger partial charge in [0.25, 0.3) is 15.9 Å². The van der Waals surface area contributed by atoms with Crippen LogP contribution in [0.5, 0.6) is 0 Å². The lowest BCUT2D eigenvalue weighted by atomic mass is 10.1. The van der Waals surface area contributed by atoms with Crippen LogP contribution in [0.3, 0.4) is 0 Å². The molecule has 0 fully saturated rings. The van der Waals surface area contributed by atoms with Gasteiger partial charge in [-0.05, 0) is 62.6 Å². The fourth-order valence-electron chi connectivity index (χ4n) is 3.07. The van der Waals surface area contributed by atoms with E-state index in [0.717, 1.165) is 30.4 Å². The normalized spacial score (nSPS) is 14.7. The summed E-state index contributed by atoms with van der Waals surface area (Å²) in [6.45, 7) is 4.47. The number of nitrogens with zero attached hydrogens (tertiary/aromatic N) is 1. The lowest BCUT2D eigenvalue weighted by Crippen LogP contribution is -2.30. The SMILES string of the molecule is Cc1ccc(C)c(C(=O)Nc2ccc(S(=O)(=O)NC3=NCCCCC3)cc2)c1. The van der Waals surface area contributed by atoms with Crippen LogP contribution in [-0.4, -0.2) is 26.7 Å². The quantitative estimate of drug-likeness (QED) is 0.819. The van der Waals surface area contributed by atoms with Gasteiger partial charge < -0.3 is 5.32 Å². The smallest absolute Gasteiger partial charge is 0.262 e. The third kappa shape index (κ3) is 4.98. The number of benzene rings is 2. The predicted molar refractivity (Wildman–Crippen MR) is 111 cm³/mol. The van der Waals surface area contributed by atoms with Crippen LogP contribution in [0, 0.1) is 13.8 Å². The largest absolute Gasteiger partial charge is 0.322 e. The zero-order chi connectivity index (χ0) is 20.1. The van der Waals surface area contributed by atoms with Crippen LogP contribution in [0.4, 0.5) is 5.69 Å². The van der Waals surface area contributed by atoms with Crippen LogP contribution in [0.1, 0.15) is 47.2 Å². The molecule has 2 N–H and O–H groups in total. The molecule has 0 spiro atoms. The van der Waals surface area contributed by atoms with Gasteiger partial charge in [-0.1, -0.05) is 24.1 Å². The fourth-order valence-corrected chi connectivity index (χ4v) is 4.16. The first-order chi connectivity index (χ1) is 13.3. The van der Waals surface area contributed by atoms with E-state index in [1.165, 1.54) is 12.1 Å². The fraction of sp³-hybridized carbons (Fsp3) is 0.333. The van der Waals surface area contributed by atoms with E-state index in [1.54, 1.807) is 12.1 Å².